The van der Waals surface area contributed by atoms with Gasteiger partial charge in [0.2, 0.25) is 0 Å². The molecule has 2 aromatic carbocycles. The van der Waals surface area contributed by atoms with Crippen LogP contribution in [0.2, 0.25) is 0 Å². The minimum Gasteiger partial charge on any atom is -0.463 e. The maximum Gasteiger partial charge on any atom is 0.416 e. The van der Waals surface area contributed by atoms with Crippen molar-refractivity contribution in [1.82, 2.24) is 0 Å². The van der Waals surface area contributed by atoms with Gasteiger partial charge in [-0.05, 0) is 49.7 Å². The van der Waals surface area contributed by atoms with Crippen LogP contribution in [0.5, 0.6) is 0 Å². The summed E-state index contributed by atoms with van der Waals surface area (Å²) in [6.07, 6.45) is -1.90. The highest BCUT2D eigenvalue weighted by molar-refractivity contribution is 6.00. The lowest BCUT2D eigenvalue weighted by atomic mass is 9.82. The van der Waals surface area contributed by atoms with E-state index in [1.54, 1.807) is 13.8 Å². The second kappa shape index (κ2) is 9.89. The van der Waals surface area contributed by atoms with E-state index >= 15 is 0 Å². The van der Waals surface area contributed by atoms with Crippen LogP contribution >= 0.6 is 0 Å². The molecule has 0 fully saturated rings. The molecule has 33 heavy (non-hydrogen) atoms. The fraction of sp³-hybridized carbons (Fsp3) is 0.250. The molecule has 0 bridgehead atoms. The molecular formula is C24H21F4NO4. The summed E-state index contributed by atoms with van der Waals surface area (Å²) in [6.45, 7) is 3.20. The molecule has 0 spiro atoms. The van der Waals surface area contributed by atoms with Crippen LogP contribution in [0.4, 0.5) is 23.2 Å². The van der Waals surface area contributed by atoms with Gasteiger partial charge in [0, 0.05) is 18.1 Å². The SMILES string of the molecule is CCOC(=O)C1=CN(c2ccc(F)cc2)C=C(C(=O)OCC)C1c1cccc(C(F)(F)F)c1. The number of rotatable bonds is 6. The summed E-state index contributed by atoms with van der Waals surface area (Å²) in [5.41, 5.74) is -0.561. The number of benzene rings is 2. The first-order valence-electron chi connectivity index (χ1n) is 10.1. The largest absolute Gasteiger partial charge is 0.463 e. The van der Waals surface area contributed by atoms with Gasteiger partial charge in [-0.2, -0.15) is 13.2 Å². The number of carbonyl (C=O) groups is 2. The molecule has 5 nitrogen and oxygen atoms in total. The van der Waals surface area contributed by atoms with Gasteiger partial charge < -0.3 is 14.4 Å². The maximum atomic E-state index is 13.4. The van der Waals surface area contributed by atoms with Crippen LogP contribution in [0.15, 0.2) is 72.1 Å². The van der Waals surface area contributed by atoms with Crippen LogP contribution in [-0.4, -0.2) is 25.2 Å². The van der Waals surface area contributed by atoms with Crippen molar-refractivity contribution in [3.05, 3.63) is 89.0 Å². The predicted molar refractivity (Wildman–Crippen MR) is 112 cm³/mol. The minimum atomic E-state index is -4.62. The van der Waals surface area contributed by atoms with Crippen LogP contribution < -0.4 is 4.90 Å². The number of nitrogens with zero attached hydrogens (tertiary/aromatic N) is 1. The standard InChI is InChI=1S/C24H21F4NO4/c1-3-32-22(30)19-13-29(18-10-8-17(25)9-11-18)14-20(23(31)33-4-2)21(19)15-6-5-7-16(12-15)24(26,27)28/h5-14,21H,3-4H2,1-2H3. The number of ether oxygens (including phenoxy) is 2. The Morgan fingerprint density at radius 3 is 1.94 bits per heavy atom. The van der Waals surface area contributed by atoms with Gasteiger partial charge in [-0.15, -0.1) is 0 Å². The van der Waals surface area contributed by atoms with Gasteiger partial charge in [0.15, 0.2) is 0 Å². The Kier molecular flexibility index (Phi) is 7.20. The number of hydrogen-bond donors (Lipinski definition) is 0. The van der Waals surface area contributed by atoms with Gasteiger partial charge in [-0.25, -0.2) is 14.0 Å². The molecule has 9 heteroatoms. The van der Waals surface area contributed by atoms with Gasteiger partial charge in [0.1, 0.15) is 5.82 Å². The van der Waals surface area contributed by atoms with E-state index in [4.69, 9.17) is 9.47 Å². The van der Waals surface area contributed by atoms with E-state index in [2.05, 4.69) is 0 Å². The van der Waals surface area contributed by atoms with Crippen molar-refractivity contribution in [2.45, 2.75) is 25.9 Å². The van der Waals surface area contributed by atoms with Gasteiger partial charge in [0.25, 0.3) is 0 Å². The average molecular weight is 463 g/mol. The summed E-state index contributed by atoms with van der Waals surface area (Å²) >= 11 is 0. The van der Waals surface area contributed by atoms with Crippen molar-refractivity contribution in [3.8, 4) is 0 Å². The van der Waals surface area contributed by atoms with Gasteiger partial charge in [0.05, 0.1) is 35.8 Å². The van der Waals surface area contributed by atoms with E-state index in [1.165, 1.54) is 53.7 Å². The lowest BCUT2D eigenvalue weighted by molar-refractivity contribution is -0.139. The van der Waals surface area contributed by atoms with Crippen LogP contribution in [0, 0.1) is 5.82 Å². The maximum absolute atomic E-state index is 13.4. The Morgan fingerprint density at radius 1 is 0.909 bits per heavy atom. The Bertz CT molecular complexity index is 1050. The summed E-state index contributed by atoms with van der Waals surface area (Å²) in [5, 5.41) is 0. The molecule has 2 aromatic rings. The first-order valence-corrected chi connectivity index (χ1v) is 10.1. The summed E-state index contributed by atoms with van der Waals surface area (Å²) in [6, 6.07) is 9.64. The van der Waals surface area contributed by atoms with E-state index in [0.29, 0.717) is 5.69 Å². The Labute approximate surface area is 187 Å². The highest BCUT2D eigenvalue weighted by Crippen LogP contribution is 2.40. The first-order chi connectivity index (χ1) is 15.7. The molecule has 0 atom stereocenters. The quantitative estimate of drug-likeness (QED) is 0.428. The molecule has 0 amide bonds. The van der Waals surface area contributed by atoms with Crippen molar-refractivity contribution in [3.63, 3.8) is 0 Å². The fourth-order valence-corrected chi connectivity index (χ4v) is 3.44. The van der Waals surface area contributed by atoms with Crippen LogP contribution in [0.1, 0.15) is 30.9 Å². The summed E-state index contributed by atoms with van der Waals surface area (Å²) < 4.78 is 63.7. The Hall–Kier alpha value is -3.62. The molecule has 0 N–H and O–H groups in total. The van der Waals surface area contributed by atoms with E-state index in [-0.39, 0.29) is 29.9 Å². The smallest absolute Gasteiger partial charge is 0.416 e. The topological polar surface area (TPSA) is 55.8 Å². The first kappa shape index (κ1) is 24.0. The number of anilines is 1. The fourth-order valence-electron chi connectivity index (χ4n) is 3.44. The number of halogens is 4. The highest BCUT2D eigenvalue weighted by atomic mass is 19.4. The molecule has 0 saturated carbocycles. The van der Waals surface area contributed by atoms with Crippen molar-refractivity contribution < 1.29 is 36.6 Å². The number of hydrogen-bond acceptors (Lipinski definition) is 5. The van der Waals surface area contributed by atoms with Crippen LogP contribution in [0.3, 0.4) is 0 Å². The molecule has 1 aliphatic heterocycles. The minimum absolute atomic E-state index is 0.0144. The lowest BCUT2D eigenvalue weighted by Crippen LogP contribution is -2.29. The predicted octanol–water partition coefficient (Wildman–Crippen LogP) is 5.34. The molecule has 1 heterocycles. The Morgan fingerprint density at radius 2 is 1.45 bits per heavy atom. The Balaban J connectivity index is 2.20. The number of alkyl halides is 3. The molecule has 0 aliphatic carbocycles. The zero-order chi connectivity index (χ0) is 24.2. The van der Waals surface area contributed by atoms with E-state index in [0.717, 1.165) is 12.1 Å². The van der Waals surface area contributed by atoms with Crippen molar-refractivity contribution >= 4 is 17.6 Å². The van der Waals surface area contributed by atoms with Gasteiger partial charge in [-0.1, -0.05) is 18.2 Å². The van der Waals surface area contributed by atoms with Crippen molar-refractivity contribution in [2.75, 3.05) is 18.1 Å². The molecule has 0 saturated heterocycles. The van der Waals surface area contributed by atoms with Crippen LogP contribution in [-0.2, 0) is 25.2 Å². The highest BCUT2D eigenvalue weighted by Gasteiger charge is 2.38. The van der Waals surface area contributed by atoms with Crippen molar-refractivity contribution in [2.24, 2.45) is 0 Å². The molecule has 0 aromatic heterocycles. The second-order valence-electron chi connectivity index (χ2n) is 7.05. The summed E-state index contributed by atoms with van der Waals surface area (Å²) in [7, 11) is 0. The van der Waals surface area contributed by atoms with Gasteiger partial charge in [-0.3, -0.25) is 0 Å². The van der Waals surface area contributed by atoms with Gasteiger partial charge >= 0.3 is 18.1 Å². The van der Waals surface area contributed by atoms with E-state index in [9.17, 15) is 27.2 Å². The summed E-state index contributed by atoms with van der Waals surface area (Å²) in [4.78, 5) is 27.1. The lowest BCUT2D eigenvalue weighted by Gasteiger charge is -2.30. The van der Waals surface area contributed by atoms with E-state index < -0.39 is 35.4 Å². The second-order valence-corrected chi connectivity index (χ2v) is 7.05. The normalized spacial score (nSPS) is 14.4. The molecule has 1 aliphatic rings. The molecule has 0 radical (unpaired) electrons. The molecule has 0 unspecified atom stereocenters. The third-order valence-corrected chi connectivity index (χ3v) is 4.87. The molecule has 174 valence electrons. The number of carbonyl (C=O) groups excluding carboxylic acids is 2. The molecular weight excluding hydrogens is 442 g/mol. The van der Waals surface area contributed by atoms with Crippen molar-refractivity contribution in [1.29, 1.82) is 0 Å². The van der Waals surface area contributed by atoms with Crippen LogP contribution in [0.25, 0.3) is 0 Å². The third-order valence-electron chi connectivity index (χ3n) is 4.87. The molecule has 3 rings (SSSR count). The van der Waals surface area contributed by atoms with E-state index in [1.807, 2.05) is 0 Å². The third kappa shape index (κ3) is 5.42. The zero-order valence-electron chi connectivity index (χ0n) is 17.9. The monoisotopic (exact) mass is 463 g/mol. The summed E-state index contributed by atoms with van der Waals surface area (Å²) in [5.74, 6) is -3.26. The zero-order valence-corrected chi connectivity index (χ0v) is 17.9. The average Bonchev–Trinajstić information content (AvgIpc) is 2.78. The number of esters is 2.